The number of piperidine rings is 1. The van der Waals surface area contributed by atoms with Crippen LogP contribution in [0.2, 0.25) is 0 Å². The third kappa shape index (κ3) is 6.00. The first kappa shape index (κ1) is 23.4. The van der Waals surface area contributed by atoms with Gasteiger partial charge in [0.05, 0.1) is 13.2 Å². The monoisotopic (exact) mass is 453 g/mol. The molecule has 8 nitrogen and oxygen atoms in total. The summed E-state index contributed by atoms with van der Waals surface area (Å²) in [7, 11) is 2.12. The fraction of sp³-hybridized carbons (Fsp3) is 0.560. The third-order valence-corrected chi connectivity index (χ3v) is 6.85. The summed E-state index contributed by atoms with van der Waals surface area (Å²) in [6, 6.07) is 8.30. The Morgan fingerprint density at radius 3 is 2.64 bits per heavy atom. The summed E-state index contributed by atoms with van der Waals surface area (Å²) in [4.78, 5) is 25.2. The van der Waals surface area contributed by atoms with Crippen molar-refractivity contribution in [3.05, 3.63) is 47.9 Å². The molecule has 0 atom stereocenters. The van der Waals surface area contributed by atoms with E-state index in [0.717, 1.165) is 64.2 Å². The number of hydrogen-bond acceptors (Lipinski definition) is 7. The van der Waals surface area contributed by atoms with Gasteiger partial charge in [0, 0.05) is 56.2 Å². The maximum Gasteiger partial charge on any atom is 0.276 e. The molecular formula is C25H35N5O3. The van der Waals surface area contributed by atoms with Gasteiger partial charge < -0.3 is 20.1 Å². The van der Waals surface area contributed by atoms with Crippen molar-refractivity contribution in [1.82, 2.24) is 19.8 Å². The lowest BCUT2D eigenvalue weighted by Gasteiger charge is -2.42. The number of nitrogens with two attached hydrogens (primary N) is 1. The van der Waals surface area contributed by atoms with Crippen LogP contribution in [0.1, 0.15) is 48.2 Å². The van der Waals surface area contributed by atoms with Crippen molar-refractivity contribution in [2.75, 3.05) is 52.2 Å². The Morgan fingerprint density at radius 2 is 1.82 bits per heavy atom. The van der Waals surface area contributed by atoms with Gasteiger partial charge in [-0.05, 0) is 38.8 Å². The van der Waals surface area contributed by atoms with Gasteiger partial charge in [-0.2, -0.15) is 0 Å². The van der Waals surface area contributed by atoms with Crippen LogP contribution in [0.3, 0.4) is 0 Å². The van der Waals surface area contributed by atoms with Crippen LogP contribution in [0, 0.1) is 5.41 Å². The first-order valence-electron chi connectivity index (χ1n) is 11.9. The molecule has 3 heterocycles. The Hall–Kier alpha value is -2.71. The molecule has 1 amide bonds. The molecule has 1 aromatic carbocycles. The topological polar surface area (TPSA) is 93.8 Å². The van der Waals surface area contributed by atoms with Crippen molar-refractivity contribution in [2.24, 2.45) is 5.41 Å². The maximum atomic E-state index is 13.0. The standard InChI is InChI=1S/C25H35N5O3/c1-29-15-17-32-16-5-4-8-25(19-33-21-7-3-2-6-20(21)18-29)9-13-30(14-10-25)24(31)22-23(26)28-12-11-27-22/h2-3,6-7,11-12H,4-5,8-10,13-19H2,1H3,(H2,26,28). The number of rotatable bonds is 1. The van der Waals surface area contributed by atoms with Crippen molar-refractivity contribution in [3.63, 3.8) is 0 Å². The molecule has 33 heavy (non-hydrogen) atoms. The SMILES string of the molecule is CN1CCOCCCCC2(CCN(C(=O)c3nccnc3N)CC2)COc2ccccc2C1. The molecule has 1 saturated heterocycles. The summed E-state index contributed by atoms with van der Waals surface area (Å²) in [5, 5.41) is 0. The van der Waals surface area contributed by atoms with Crippen LogP contribution in [-0.2, 0) is 11.3 Å². The second-order valence-corrected chi connectivity index (χ2v) is 9.29. The predicted octanol–water partition coefficient (Wildman–Crippen LogP) is 2.99. The van der Waals surface area contributed by atoms with E-state index in [-0.39, 0.29) is 22.8 Å². The lowest BCUT2D eigenvalue weighted by Crippen LogP contribution is -2.46. The van der Waals surface area contributed by atoms with E-state index < -0.39 is 0 Å². The van der Waals surface area contributed by atoms with Gasteiger partial charge in [0.25, 0.3) is 5.91 Å². The minimum atomic E-state index is -0.140. The predicted molar refractivity (Wildman–Crippen MR) is 127 cm³/mol. The van der Waals surface area contributed by atoms with Crippen molar-refractivity contribution in [3.8, 4) is 5.75 Å². The Morgan fingerprint density at radius 1 is 1.03 bits per heavy atom. The van der Waals surface area contributed by atoms with Crippen LogP contribution < -0.4 is 10.5 Å². The zero-order valence-corrected chi connectivity index (χ0v) is 19.5. The average molecular weight is 454 g/mol. The van der Waals surface area contributed by atoms with E-state index in [1.54, 1.807) is 0 Å². The number of nitrogens with zero attached hydrogens (tertiary/aromatic N) is 4. The highest BCUT2D eigenvalue weighted by Gasteiger charge is 2.37. The van der Waals surface area contributed by atoms with Crippen LogP contribution in [0.15, 0.2) is 36.7 Å². The maximum absolute atomic E-state index is 13.0. The number of aromatic nitrogens is 2. The lowest BCUT2D eigenvalue weighted by atomic mass is 9.75. The molecular weight excluding hydrogens is 418 g/mol. The van der Waals surface area contributed by atoms with E-state index in [2.05, 4.69) is 40.1 Å². The van der Waals surface area contributed by atoms with E-state index in [9.17, 15) is 4.79 Å². The third-order valence-electron chi connectivity index (χ3n) is 6.85. The van der Waals surface area contributed by atoms with Gasteiger partial charge in [0.15, 0.2) is 11.5 Å². The number of carbonyl (C=O) groups is 1. The fourth-order valence-corrected chi connectivity index (χ4v) is 4.72. The molecule has 8 heteroatoms. The first-order valence-corrected chi connectivity index (χ1v) is 11.9. The molecule has 4 rings (SSSR count). The number of nitrogen functional groups attached to an aromatic ring is 1. The summed E-state index contributed by atoms with van der Waals surface area (Å²) in [6.45, 7) is 5.25. The van der Waals surface area contributed by atoms with E-state index >= 15 is 0 Å². The number of likely N-dealkylation sites (N-methyl/N-ethyl adjacent to an activating group) is 1. The van der Waals surface area contributed by atoms with E-state index in [1.807, 2.05) is 11.0 Å². The van der Waals surface area contributed by atoms with E-state index in [4.69, 9.17) is 15.2 Å². The van der Waals surface area contributed by atoms with Crippen LogP contribution in [-0.4, -0.2) is 72.2 Å². The van der Waals surface area contributed by atoms with E-state index in [1.165, 1.54) is 18.0 Å². The number of anilines is 1. The van der Waals surface area contributed by atoms with Crippen molar-refractivity contribution in [1.29, 1.82) is 0 Å². The molecule has 1 fully saturated rings. The average Bonchev–Trinajstić information content (AvgIpc) is 2.83. The number of ether oxygens (including phenoxy) is 2. The van der Waals surface area contributed by atoms with Crippen molar-refractivity contribution < 1.29 is 14.3 Å². The molecule has 1 spiro atoms. The number of benzene rings is 1. The summed E-state index contributed by atoms with van der Waals surface area (Å²) >= 11 is 0. The molecule has 0 unspecified atom stereocenters. The zero-order chi connectivity index (χ0) is 23.1. The van der Waals surface area contributed by atoms with Gasteiger partial charge in [0.2, 0.25) is 0 Å². The van der Waals surface area contributed by atoms with Crippen LogP contribution in [0.5, 0.6) is 5.75 Å². The Balaban J connectivity index is 1.46. The van der Waals surface area contributed by atoms with Gasteiger partial charge in [-0.15, -0.1) is 0 Å². The molecule has 1 aromatic heterocycles. The number of carbonyl (C=O) groups excluding carboxylic acids is 1. The van der Waals surface area contributed by atoms with Crippen molar-refractivity contribution in [2.45, 2.75) is 38.6 Å². The largest absolute Gasteiger partial charge is 0.493 e. The molecule has 2 aromatic rings. The smallest absolute Gasteiger partial charge is 0.276 e. The van der Waals surface area contributed by atoms with Gasteiger partial charge in [-0.25, -0.2) is 9.97 Å². The molecule has 0 saturated carbocycles. The Kier molecular flexibility index (Phi) is 7.77. The normalized spacial score (nSPS) is 20.5. The Bertz CT molecular complexity index is 930. The quantitative estimate of drug-likeness (QED) is 0.709. The highest BCUT2D eigenvalue weighted by Crippen LogP contribution is 2.38. The number of para-hydroxylation sites is 1. The second-order valence-electron chi connectivity index (χ2n) is 9.29. The molecule has 0 radical (unpaired) electrons. The zero-order valence-electron chi connectivity index (χ0n) is 19.5. The van der Waals surface area contributed by atoms with Crippen LogP contribution >= 0.6 is 0 Å². The Labute approximate surface area is 196 Å². The first-order chi connectivity index (χ1) is 16.1. The minimum Gasteiger partial charge on any atom is -0.493 e. The molecule has 2 aliphatic heterocycles. The summed E-state index contributed by atoms with van der Waals surface area (Å²) < 4.78 is 12.3. The van der Waals surface area contributed by atoms with Gasteiger partial charge in [0.1, 0.15) is 5.75 Å². The molecule has 2 N–H and O–H groups in total. The minimum absolute atomic E-state index is 0.0355. The highest BCUT2D eigenvalue weighted by molar-refractivity contribution is 5.96. The number of fused-ring (bicyclic) bond motifs is 1. The molecule has 0 bridgehead atoms. The highest BCUT2D eigenvalue weighted by atomic mass is 16.5. The van der Waals surface area contributed by atoms with Crippen LogP contribution in [0.25, 0.3) is 0 Å². The number of hydrogen-bond donors (Lipinski definition) is 1. The van der Waals surface area contributed by atoms with E-state index in [0.29, 0.717) is 19.7 Å². The molecule has 2 aliphatic rings. The second kappa shape index (κ2) is 10.9. The van der Waals surface area contributed by atoms with Gasteiger partial charge in [-0.1, -0.05) is 24.6 Å². The van der Waals surface area contributed by atoms with Crippen molar-refractivity contribution >= 4 is 11.7 Å². The summed E-state index contributed by atoms with van der Waals surface area (Å²) in [5.41, 5.74) is 7.35. The fourth-order valence-electron chi connectivity index (χ4n) is 4.72. The number of amides is 1. The van der Waals surface area contributed by atoms with Gasteiger partial charge >= 0.3 is 0 Å². The lowest BCUT2D eigenvalue weighted by molar-refractivity contribution is 0.0330. The summed E-state index contributed by atoms with van der Waals surface area (Å²) in [6.07, 6.45) is 7.99. The number of likely N-dealkylation sites (tertiary alicyclic amines) is 1. The molecule has 178 valence electrons. The summed E-state index contributed by atoms with van der Waals surface area (Å²) in [5.74, 6) is 0.997. The molecule has 0 aliphatic carbocycles. The van der Waals surface area contributed by atoms with Crippen LogP contribution in [0.4, 0.5) is 5.82 Å². The van der Waals surface area contributed by atoms with Gasteiger partial charge in [-0.3, -0.25) is 9.69 Å².